The lowest BCUT2D eigenvalue weighted by Crippen LogP contribution is -2.36. The molecule has 0 radical (unpaired) electrons. The Morgan fingerprint density at radius 3 is 2.79 bits per heavy atom. The predicted octanol–water partition coefficient (Wildman–Crippen LogP) is 0.940. The molecule has 3 nitrogen and oxygen atoms in total. The van der Waals surface area contributed by atoms with Crippen LogP contribution in [0, 0.1) is 11.8 Å². The SMILES string of the molecule is CC(C)CN(CCN)CC1CCOC1. The topological polar surface area (TPSA) is 38.5 Å². The van der Waals surface area contributed by atoms with Gasteiger partial charge in [-0.3, -0.25) is 0 Å². The van der Waals surface area contributed by atoms with Crippen molar-refractivity contribution in [3.8, 4) is 0 Å². The molecule has 1 rings (SSSR count). The van der Waals surface area contributed by atoms with Gasteiger partial charge < -0.3 is 15.4 Å². The Labute approximate surface area is 87.6 Å². The van der Waals surface area contributed by atoms with E-state index >= 15 is 0 Å². The largest absolute Gasteiger partial charge is 0.381 e. The molecule has 1 aliphatic heterocycles. The van der Waals surface area contributed by atoms with E-state index < -0.39 is 0 Å². The van der Waals surface area contributed by atoms with Crippen LogP contribution in [0.1, 0.15) is 20.3 Å². The van der Waals surface area contributed by atoms with Crippen LogP contribution in [0.15, 0.2) is 0 Å². The molecular formula is C11H24N2O. The summed E-state index contributed by atoms with van der Waals surface area (Å²) in [5.74, 6) is 1.46. The second-order valence-corrected chi connectivity index (χ2v) is 4.67. The molecule has 14 heavy (non-hydrogen) atoms. The maximum absolute atomic E-state index is 5.61. The number of ether oxygens (including phenoxy) is 1. The molecular weight excluding hydrogens is 176 g/mol. The first-order chi connectivity index (χ1) is 6.72. The molecule has 1 aliphatic rings. The van der Waals surface area contributed by atoms with Crippen LogP contribution < -0.4 is 5.73 Å². The Bertz CT molecular complexity index is 144. The zero-order chi connectivity index (χ0) is 10.4. The summed E-state index contributed by atoms with van der Waals surface area (Å²) in [5.41, 5.74) is 5.61. The summed E-state index contributed by atoms with van der Waals surface area (Å²) in [6.45, 7) is 10.5. The van der Waals surface area contributed by atoms with Gasteiger partial charge in [-0.1, -0.05) is 13.8 Å². The first-order valence-electron chi connectivity index (χ1n) is 5.72. The summed E-state index contributed by atoms with van der Waals surface area (Å²) in [5, 5.41) is 0. The summed E-state index contributed by atoms with van der Waals surface area (Å²) in [4.78, 5) is 2.48. The number of nitrogens with zero attached hydrogens (tertiary/aromatic N) is 1. The fraction of sp³-hybridized carbons (Fsp3) is 1.00. The second-order valence-electron chi connectivity index (χ2n) is 4.67. The van der Waals surface area contributed by atoms with E-state index in [1.165, 1.54) is 6.42 Å². The minimum atomic E-state index is 0.726. The van der Waals surface area contributed by atoms with Crippen LogP contribution in [-0.2, 0) is 4.74 Å². The van der Waals surface area contributed by atoms with Crippen LogP contribution in [-0.4, -0.2) is 44.3 Å². The average Bonchev–Trinajstić information content (AvgIpc) is 2.56. The number of nitrogens with two attached hydrogens (primary N) is 1. The monoisotopic (exact) mass is 200 g/mol. The van der Waals surface area contributed by atoms with Crippen molar-refractivity contribution in [3.63, 3.8) is 0 Å². The standard InChI is InChI=1S/C11H24N2O/c1-10(2)7-13(5-4-12)8-11-3-6-14-9-11/h10-11H,3-9,12H2,1-2H3. The molecule has 0 saturated carbocycles. The van der Waals surface area contributed by atoms with Gasteiger partial charge in [0.2, 0.25) is 0 Å². The van der Waals surface area contributed by atoms with Gasteiger partial charge in [0.15, 0.2) is 0 Å². The number of rotatable bonds is 6. The van der Waals surface area contributed by atoms with Gasteiger partial charge in [-0.25, -0.2) is 0 Å². The molecule has 0 aromatic heterocycles. The van der Waals surface area contributed by atoms with Crippen molar-refractivity contribution < 1.29 is 4.74 Å². The third-order valence-corrected chi connectivity index (χ3v) is 2.61. The molecule has 0 aromatic rings. The number of hydrogen-bond donors (Lipinski definition) is 1. The minimum absolute atomic E-state index is 0.726. The van der Waals surface area contributed by atoms with E-state index in [0.717, 1.165) is 51.2 Å². The fourth-order valence-corrected chi connectivity index (χ4v) is 2.05. The van der Waals surface area contributed by atoms with Crippen molar-refractivity contribution in [1.29, 1.82) is 0 Å². The first-order valence-corrected chi connectivity index (χ1v) is 5.72. The zero-order valence-electron chi connectivity index (χ0n) is 9.54. The summed E-state index contributed by atoms with van der Waals surface area (Å²) < 4.78 is 5.38. The van der Waals surface area contributed by atoms with Crippen molar-refractivity contribution in [2.75, 3.05) is 39.4 Å². The third kappa shape index (κ3) is 4.40. The lowest BCUT2D eigenvalue weighted by molar-refractivity contribution is 0.162. The van der Waals surface area contributed by atoms with Crippen LogP contribution in [0.25, 0.3) is 0 Å². The molecule has 2 N–H and O–H groups in total. The van der Waals surface area contributed by atoms with Gasteiger partial charge in [-0.05, 0) is 18.3 Å². The highest BCUT2D eigenvalue weighted by atomic mass is 16.5. The van der Waals surface area contributed by atoms with Gasteiger partial charge in [0.1, 0.15) is 0 Å². The Kier molecular flexibility index (Phi) is 5.45. The molecule has 1 unspecified atom stereocenters. The van der Waals surface area contributed by atoms with Crippen molar-refractivity contribution >= 4 is 0 Å². The molecule has 1 fully saturated rings. The van der Waals surface area contributed by atoms with Gasteiger partial charge in [0.05, 0.1) is 6.61 Å². The average molecular weight is 200 g/mol. The molecule has 0 spiro atoms. The third-order valence-electron chi connectivity index (χ3n) is 2.61. The Morgan fingerprint density at radius 1 is 1.50 bits per heavy atom. The lowest BCUT2D eigenvalue weighted by atomic mass is 10.1. The van der Waals surface area contributed by atoms with Gasteiger partial charge in [0.25, 0.3) is 0 Å². The summed E-state index contributed by atoms with van der Waals surface area (Å²) in [6, 6.07) is 0. The summed E-state index contributed by atoms with van der Waals surface area (Å²) in [6.07, 6.45) is 1.22. The maximum Gasteiger partial charge on any atom is 0.0507 e. The Hall–Kier alpha value is -0.120. The molecule has 0 bridgehead atoms. The van der Waals surface area contributed by atoms with E-state index in [1.807, 2.05) is 0 Å². The van der Waals surface area contributed by atoms with Crippen molar-refractivity contribution in [1.82, 2.24) is 4.90 Å². The Morgan fingerprint density at radius 2 is 2.29 bits per heavy atom. The quantitative estimate of drug-likeness (QED) is 0.693. The van der Waals surface area contributed by atoms with Gasteiger partial charge >= 0.3 is 0 Å². The molecule has 1 heterocycles. The highest BCUT2D eigenvalue weighted by molar-refractivity contribution is 4.70. The normalized spacial score (nSPS) is 22.5. The van der Waals surface area contributed by atoms with Crippen molar-refractivity contribution in [2.24, 2.45) is 17.6 Å². The van der Waals surface area contributed by atoms with E-state index in [2.05, 4.69) is 18.7 Å². The van der Waals surface area contributed by atoms with E-state index in [9.17, 15) is 0 Å². The van der Waals surface area contributed by atoms with E-state index in [-0.39, 0.29) is 0 Å². The van der Waals surface area contributed by atoms with E-state index in [1.54, 1.807) is 0 Å². The molecule has 84 valence electrons. The van der Waals surface area contributed by atoms with Crippen LogP contribution in [0.3, 0.4) is 0 Å². The van der Waals surface area contributed by atoms with Crippen LogP contribution in [0.4, 0.5) is 0 Å². The lowest BCUT2D eigenvalue weighted by Gasteiger charge is -2.25. The smallest absolute Gasteiger partial charge is 0.0507 e. The maximum atomic E-state index is 5.61. The highest BCUT2D eigenvalue weighted by Crippen LogP contribution is 2.14. The van der Waals surface area contributed by atoms with E-state index in [4.69, 9.17) is 10.5 Å². The number of hydrogen-bond acceptors (Lipinski definition) is 3. The fourth-order valence-electron chi connectivity index (χ4n) is 2.05. The van der Waals surface area contributed by atoms with Crippen molar-refractivity contribution in [3.05, 3.63) is 0 Å². The van der Waals surface area contributed by atoms with Crippen LogP contribution >= 0.6 is 0 Å². The van der Waals surface area contributed by atoms with Crippen molar-refractivity contribution in [2.45, 2.75) is 20.3 Å². The molecule has 1 saturated heterocycles. The summed E-state index contributed by atoms with van der Waals surface area (Å²) in [7, 11) is 0. The minimum Gasteiger partial charge on any atom is -0.381 e. The highest BCUT2D eigenvalue weighted by Gasteiger charge is 2.19. The molecule has 1 atom stereocenters. The molecule has 0 aliphatic carbocycles. The van der Waals surface area contributed by atoms with E-state index in [0.29, 0.717) is 0 Å². The van der Waals surface area contributed by atoms with Gasteiger partial charge in [0, 0.05) is 32.8 Å². The van der Waals surface area contributed by atoms with Crippen LogP contribution in [0.2, 0.25) is 0 Å². The summed E-state index contributed by atoms with van der Waals surface area (Å²) >= 11 is 0. The van der Waals surface area contributed by atoms with Crippen LogP contribution in [0.5, 0.6) is 0 Å². The predicted molar refractivity (Wildman–Crippen MR) is 59.3 cm³/mol. The van der Waals surface area contributed by atoms with Gasteiger partial charge in [-0.15, -0.1) is 0 Å². The first kappa shape index (κ1) is 12.0. The Balaban J connectivity index is 2.25. The molecule has 0 aromatic carbocycles. The van der Waals surface area contributed by atoms with Gasteiger partial charge in [-0.2, -0.15) is 0 Å². The molecule has 3 heteroatoms. The second kappa shape index (κ2) is 6.38. The zero-order valence-corrected chi connectivity index (χ0v) is 9.54. The molecule has 0 amide bonds.